The SMILES string of the molecule is CC1CCN(C(Cc2cccc3ccccc23)C(N)=O)C(=O)C(c2ccc(F)c(Cl)c2)N1C(=O)Cc1ccc2ncccc2c1. The number of carbonyl (C=O) groups is 3. The lowest BCUT2D eigenvalue weighted by Gasteiger charge is -2.36. The zero-order valence-corrected chi connectivity index (χ0v) is 25.5. The average Bonchev–Trinajstić information content (AvgIpc) is 3.16. The molecule has 228 valence electrons. The zero-order chi connectivity index (χ0) is 31.7. The topological polar surface area (TPSA) is 96.6 Å². The van der Waals surface area contributed by atoms with Crippen molar-refractivity contribution in [2.24, 2.45) is 5.73 Å². The number of nitrogens with two attached hydrogens (primary N) is 1. The Morgan fingerprint density at radius 2 is 1.78 bits per heavy atom. The van der Waals surface area contributed by atoms with Gasteiger partial charge in [-0.25, -0.2) is 4.39 Å². The maximum Gasteiger partial charge on any atom is 0.250 e. The van der Waals surface area contributed by atoms with Crippen molar-refractivity contribution in [2.75, 3.05) is 6.54 Å². The van der Waals surface area contributed by atoms with Gasteiger partial charge in [-0.05, 0) is 71.1 Å². The molecule has 9 heteroatoms. The van der Waals surface area contributed by atoms with Crippen LogP contribution in [0.1, 0.15) is 36.1 Å². The molecule has 1 aromatic heterocycles. The molecule has 5 aromatic rings. The minimum absolute atomic E-state index is 0.0309. The van der Waals surface area contributed by atoms with Crippen LogP contribution >= 0.6 is 11.6 Å². The van der Waals surface area contributed by atoms with Crippen LogP contribution in [-0.4, -0.2) is 51.1 Å². The molecule has 1 fully saturated rings. The highest BCUT2D eigenvalue weighted by Crippen LogP contribution is 2.34. The van der Waals surface area contributed by atoms with E-state index >= 15 is 0 Å². The molecule has 3 unspecified atom stereocenters. The van der Waals surface area contributed by atoms with Crippen LogP contribution < -0.4 is 5.73 Å². The molecule has 7 nitrogen and oxygen atoms in total. The summed E-state index contributed by atoms with van der Waals surface area (Å²) in [5, 5.41) is 2.70. The number of nitrogens with zero attached hydrogens (tertiary/aromatic N) is 3. The second kappa shape index (κ2) is 12.7. The molecule has 3 amide bonds. The van der Waals surface area contributed by atoms with E-state index in [4.69, 9.17) is 17.3 Å². The van der Waals surface area contributed by atoms with Gasteiger partial charge in [0.05, 0.1) is 17.0 Å². The van der Waals surface area contributed by atoms with E-state index in [0.717, 1.165) is 32.8 Å². The summed E-state index contributed by atoms with van der Waals surface area (Å²) in [5.74, 6) is -2.04. The third-order valence-corrected chi connectivity index (χ3v) is 8.92. The molecule has 1 aliphatic rings. The van der Waals surface area contributed by atoms with E-state index in [1.807, 2.05) is 79.7 Å². The van der Waals surface area contributed by atoms with Crippen molar-refractivity contribution >= 4 is 51.0 Å². The largest absolute Gasteiger partial charge is 0.368 e. The fraction of sp³-hybridized carbons (Fsp3) is 0.222. The Morgan fingerprint density at radius 3 is 2.58 bits per heavy atom. The van der Waals surface area contributed by atoms with E-state index in [2.05, 4.69) is 4.98 Å². The van der Waals surface area contributed by atoms with Crippen molar-refractivity contribution < 1.29 is 18.8 Å². The Morgan fingerprint density at radius 1 is 1.00 bits per heavy atom. The average molecular weight is 623 g/mol. The molecule has 1 aliphatic heterocycles. The minimum Gasteiger partial charge on any atom is -0.368 e. The molecule has 0 radical (unpaired) electrons. The van der Waals surface area contributed by atoms with Crippen LogP contribution in [0.2, 0.25) is 5.02 Å². The number of pyridine rings is 1. The van der Waals surface area contributed by atoms with Gasteiger partial charge in [-0.2, -0.15) is 0 Å². The van der Waals surface area contributed by atoms with Crippen molar-refractivity contribution in [2.45, 2.75) is 44.3 Å². The minimum atomic E-state index is -1.15. The van der Waals surface area contributed by atoms with Crippen molar-refractivity contribution in [3.8, 4) is 0 Å². The van der Waals surface area contributed by atoms with E-state index in [1.54, 1.807) is 11.1 Å². The molecule has 6 rings (SSSR count). The molecule has 0 saturated carbocycles. The van der Waals surface area contributed by atoms with Gasteiger partial charge in [0.2, 0.25) is 11.8 Å². The summed E-state index contributed by atoms with van der Waals surface area (Å²) in [5.41, 5.74) is 8.80. The molecule has 0 spiro atoms. The highest BCUT2D eigenvalue weighted by atomic mass is 35.5. The summed E-state index contributed by atoms with van der Waals surface area (Å²) in [7, 11) is 0. The standard InChI is InChI=1S/C36H32ClFN4O3/c1-22-15-17-41(32(35(39)44)21-25-8-4-7-24-6-2-3-10-28(24)25)36(45)34(27-12-13-30(38)29(37)20-27)42(22)33(43)19-23-11-14-31-26(18-23)9-5-16-40-31/h2-14,16,18,20,22,32,34H,15,17,19,21H2,1H3,(H2,39,44). The van der Waals surface area contributed by atoms with Crippen molar-refractivity contribution in [1.82, 2.24) is 14.8 Å². The molecular weight excluding hydrogens is 591 g/mol. The van der Waals surface area contributed by atoms with Crippen LogP contribution in [-0.2, 0) is 27.2 Å². The second-order valence-electron chi connectivity index (χ2n) is 11.5. The number of primary amides is 1. The maximum atomic E-state index is 14.6. The third-order valence-electron chi connectivity index (χ3n) is 8.63. The molecule has 0 aliphatic carbocycles. The number of hydrogen-bond acceptors (Lipinski definition) is 4. The third kappa shape index (κ3) is 6.11. The Kier molecular flexibility index (Phi) is 8.50. The van der Waals surface area contributed by atoms with Crippen LogP contribution in [0.5, 0.6) is 0 Å². The Bertz CT molecular complexity index is 1930. The monoisotopic (exact) mass is 622 g/mol. The van der Waals surface area contributed by atoms with Crippen LogP contribution in [0.25, 0.3) is 21.7 Å². The quantitative estimate of drug-likeness (QED) is 0.240. The molecule has 3 atom stereocenters. The molecular formula is C36H32ClFN4O3. The van der Waals surface area contributed by atoms with E-state index < -0.39 is 35.8 Å². The van der Waals surface area contributed by atoms with Crippen molar-refractivity contribution in [3.63, 3.8) is 0 Å². The van der Waals surface area contributed by atoms with Crippen LogP contribution in [0, 0.1) is 5.82 Å². The molecule has 45 heavy (non-hydrogen) atoms. The smallest absolute Gasteiger partial charge is 0.250 e. The molecule has 1 saturated heterocycles. The number of halogens is 2. The van der Waals surface area contributed by atoms with E-state index in [-0.39, 0.29) is 30.3 Å². The maximum absolute atomic E-state index is 14.6. The Balaban J connectivity index is 1.38. The molecule has 2 N–H and O–H groups in total. The van der Waals surface area contributed by atoms with Crippen LogP contribution in [0.15, 0.2) is 97.2 Å². The van der Waals surface area contributed by atoms with Crippen LogP contribution in [0.3, 0.4) is 0 Å². The first-order chi connectivity index (χ1) is 21.7. The lowest BCUT2D eigenvalue weighted by atomic mass is 9.96. The normalized spacial score (nSPS) is 17.8. The summed E-state index contributed by atoms with van der Waals surface area (Å²) >= 11 is 6.20. The van der Waals surface area contributed by atoms with Gasteiger partial charge >= 0.3 is 0 Å². The number of benzene rings is 4. The Labute approximate surface area is 265 Å². The number of amides is 3. The number of carbonyl (C=O) groups excluding carboxylic acids is 3. The van der Waals surface area contributed by atoms with E-state index in [0.29, 0.717) is 12.0 Å². The van der Waals surface area contributed by atoms with Gasteiger partial charge in [-0.3, -0.25) is 19.4 Å². The summed E-state index contributed by atoms with van der Waals surface area (Å²) in [6.07, 6.45) is 2.35. The van der Waals surface area contributed by atoms with E-state index in [9.17, 15) is 18.8 Å². The van der Waals surface area contributed by atoms with Crippen LogP contribution in [0.4, 0.5) is 4.39 Å². The van der Waals surface area contributed by atoms with Gasteiger partial charge in [0, 0.05) is 30.6 Å². The highest BCUT2D eigenvalue weighted by molar-refractivity contribution is 6.30. The summed E-state index contributed by atoms with van der Waals surface area (Å²) in [4.78, 5) is 49.2. The first-order valence-electron chi connectivity index (χ1n) is 14.9. The lowest BCUT2D eigenvalue weighted by Crippen LogP contribution is -2.52. The fourth-order valence-corrected chi connectivity index (χ4v) is 6.52. The predicted molar refractivity (Wildman–Crippen MR) is 173 cm³/mol. The predicted octanol–water partition coefficient (Wildman–Crippen LogP) is 6.01. The fourth-order valence-electron chi connectivity index (χ4n) is 6.33. The van der Waals surface area contributed by atoms with E-state index in [1.165, 1.54) is 23.1 Å². The van der Waals surface area contributed by atoms with Gasteiger partial charge in [0.15, 0.2) is 0 Å². The molecule has 4 aromatic carbocycles. The number of aromatic nitrogens is 1. The van der Waals surface area contributed by atoms with Crippen molar-refractivity contribution in [3.05, 3.63) is 125 Å². The van der Waals surface area contributed by atoms with Crippen molar-refractivity contribution in [1.29, 1.82) is 0 Å². The number of hydrogen-bond donors (Lipinski definition) is 1. The first kappa shape index (κ1) is 30.2. The van der Waals surface area contributed by atoms with Gasteiger partial charge in [0.1, 0.15) is 17.9 Å². The number of fused-ring (bicyclic) bond motifs is 2. The van der Waals surface area contributed by atoms with Gasteiger partial charge in [-0.15, -0.1) is 0 Å². The lowest BCUT2D eigenvalue weighted by molar-refractivity contribution is -0.148. The highest BCUT2D eigenvalue weighted by Gasteiger charge is 2.43. The molecule has 0 bridgehead atoms. The second-order valence-corrected chi connectivity index (χ2v) is 11.9. The number of rotatable bonds is 7. The Hall–Kier alpha value is -4.82. The molecule has 2 heterocycles. The first-order valence-corrected chi connectivity index (χ1v) is 15.3. The zero-order valence-electron chi connectivity index (χ0n) is 24.7. The van der Waals surface area contributed by atoms with Gasteiger partial charge in [-0.1, -0.05) is 72.3 Å². The van der Waals surface area contributed by atoms with Gasteiger partial charge < -0.3 is 15.5 Å². The summed E-state index contributed by atoms with van der Waals surface area (Å²) in [6.45, 7) is 2.08. The summed E-state index contributed by atoms with van der Waals surface area (Å²) in [6, 6.07) is 24.5. The van der Waals surface area contributed by atoms with Gasteiger partial charge in [0.25, 0.3) is 5.91 Å². The summed E-state index contributed by atoms with van der Waals surface area (Å²) < 4.78 is 14.3.